The van der Waals surface area contributed by atoms with Gasteiger partial charge in [0.1, 0.15) is 0 Å². The number of urea groups is 1. The second-order valence-corrected chi connectivity index (χ2v) is 9.61. The average Bonchev–Trinajstić information content (AvgIpc) is 3.21. The molecule has 4 rings (SSSR count). The first kappa shape index (κ1) is 22.7. The minimum atomic E-state index is -3.82. The fourth-order valence-electron chi connectivity index (χ4n) is 4.47. The number of sulfonamides is 1. The summed E-state index contributed by atoms with van der Waals surface area (Å²) in [7, 11) is -3.82. The number of hydrogen-bond acceptors (Lipinski definition) is 5. The molecule has 148 valence electrons. The van der Waals surface area contributed by atoms with Gasteiger partial charge in [0.05, 0.1) is 5.25 Å². The molecule has 1 saturated heterocycles. The van der Waals surface area contributed by atoms with Gasteiger partial charge in [-0.05, 0) is 72.9 Å². The van der Waals surface area contributed by atoms with Crippen molar-refractivity contribution in [2.45, 2.75) is 50.2 Å². The number of hydrogen-bond donors (Lipinski definition) is 2. The summed E-state index contributed by atoms with van der Waals surface area (Å²) in [6.45, 7) is 1.49. The van der Waals surface area contributed by atoms with Crippen LogP contribution in [0.4, 0.5) is 10.5 Å². The predicted octanol–water partition coefficient (Wildman–Crippen LogP) is -1.03. The van der Waals surface area contributed by atoms with E-state index in [2.05, 4.69) is 16.1 Å². The van der Waals surface area contributed by atoms with Crippen LogP contribution < -0.4 is 56.7 Å². The van der Waals surface area contributed by atoms with E-state index in [4.69, 9.17) is 5.11 Å². The number of aryl methyl sites for hydroxylation is 2. The van der Waals surface area contributed by atoms with Gasteiger partial charge in [-0.2, -0.15) is 0 Å². The van der Waals surface area contributed by atoms with Crippen LogP contribution >= 0.6 is 0 Å². The van der Waals surface area contributed by atoms with Crippen molar-refractivity contribution < 1.29 is 69.7 Å². The standard InChI is InChI=1S/C19H27N3O4S.K/c23-9-3-8-22-11-15(12-22)27(25,26)21-19(24)20-18-16-6-1-4-13(16)10-14-5-2-7-17(14)18;/h10,15,23H,1-9,11-12H2,(H2,20,21,24);/q;+1/p-1. The number of aliphatic hydroxyl groups is 1. The summed E-state index contributed by atoms with van der Waals surface area (Å²) in [5.41, 5.74) is 5.71. The van der Waals surface area contributed by atoms with Crippen molar-refractivity contribution in [1.29, 1.82) is 0 Å². The summed E-state index contributed by atoms with van der Waals surface area (Å²) in [5, 5.41) is 11.0. The molecule has 2 N–H and O–H groups in total. The van der Waals surface area contributed by atoms with Gasteiger partial charge >= 0.3 is 51.4 Å². The number of likely N-dealkylation sites (tertiary alicyclic amines) is 1. The van der Waals surface area contributed by atoms with Gasteiger partial charge in [-0.3, -0.25) is 4.79 Å². The first-order valence-corrected chi connectivity index (χ1v) is 11.3. The van der Waals surface area contributed by atoms with Gasteiger partial charge in [-0.1, -0.05) is 6.07 Å². The van der Waals surface area contributed by atoms with E-state index in [0.29, 0.717) is 26.1 Å². The molecule has 0 unspecified atom stereocenters. The van der Waals surface area contributed by atoms with E-state index in [-0.39, 0.29) is 58.0 Å². The van der Waals surface area contributed by atoms with E-state index in [1.165, 1.54) is 11.1 Å². The molecule has 3 aliphatic rings. The molecule has 2 amide bonds. The number of aliphatic hydroxyl groups excluding tert-OH is 1. The van der Waals surface area contributed by atoms with Crippen LogP contribution in [0.1, 0.15) is 41.5 Å². The normalized spacial score (nSPS) is 18.8. The molecular weight excluding hydrogens is 405 g/mol. The molecule has 2 aliphatic carbocycles. The summed E-state index contributed by atoms with van der Waals surface area (Å²) in [6.07, 6.45) is 6.65. The Morgan fingerprint density at radius 3 is 2.32 bits per heavy atom. The summed E-state index contributed by atoms with van der Waals surface area (Å²) in [6, 6.07) is 1.49. The van der Waals surface area contributed by atoms with E-state index < -0.39 is 21.3 Å². The van der Waals surface area contributed by atoms with Gasteiger partial charge in [0, 0.05) is 26.2 Å². The predicted molar refractivity (Wildman–Crippen MR) is 104 cm³/mol. The zero-order chi connectivity index (χ0) is 19.0. The number of nitrogens with zero attached hydrogens (tertiary/aromatic N) is 2. The second-order valence-electron chi connectivity index (χ2n) is 7.73. The van der Waals surface area contributed by atoms with Crippen molar-refractivity contribution >= 4 is 21.7 Å². The molecule has 1 heterocycles. The second kappa shape index (κ2) is 9.43. The first-order chi connectivity index (χ1) is 13.0. The van der Waals surface area contributed by atoms with Crippen molar-refractivity contribution in [3.63, 3.8) is 0 Å². The molecule has 9 heteroatoms. The average molecular weight is 432 g/mol. The fraction of sp³-hybridized carbons (Fsp3) is 0.632. The Bertz CT molecular complexity index is 821. The van der Waals surface area contributed by atoms with Gasteiger partial charge < -0.3 is 20.0 Å². The topological polar surface area (TPSA) is 101 Å². The number of anilines is 1. The largest absolute Gasteiger partial charge is 1.00 e. The molecule has 1 aromatic rings. The number of amides is 2. The third kappa shape index (κ3) is 4.67. The van der Waals surface area contributed by atoms with Gasteiger partial charge in [-0.25, -0.2) is 8.42 Å². The van der Waals surface area contributed by atoms with Crippen LogP contribution in [0.2, 0.25) is 0 Å². The smallest absolute Gasteiger partial charge is 0.423 e. The Morgan fingerprint density at radius 1 is 1.14 bits per heavy atom. The van der Waals surface area contributed by atoms with E-state index in [9.17, 15) is 13.2 Å². The monoisotopic (exact) mass is 431 g/mol. The fourth-order valence-corrected chi connectivity index (χ4v) is 5.70. The first-order valence-electron chi connectivity index (χ1n) is 9.75. The quantitative estimate of drug-likeness (QED) is 0.561. The Hall–Kier alpha value is -0.00364. The maximum absolute atomic E-state index is 12.4. The molecule has 0 saturated carbocycles. The van der Waals surface area contributed by atoms with Crippen molar-refractivity contribution in [2.75, 3.05) is 31.6 Å². The van der Waals surface area contributed by atoms with Crippen LogP contribution in [0.3, 0.4) is 0 Å². The maximum Gasteiger partial charge on any atom is 1.00 e. The number of carbonyl (C=O) groups excluding carboxylic acids is 1. The number of carbonyl (C=O) groups is 1. The number of fused-ring (bicyclic) bond motifs is 2. The molecule has 0 bridgehead atoms. The summed E-state index contributed by atoms with van der Waals surface area (Å²) in [4.78, 5) is 14.4. The van der Waals surface area contributed by atoms with Gasteiger partial charge in [0.25, 0.3) is 0 Å². The van der Waals surface area contributed by atoms with E-state index >= 15 is 0 Å². The van der Waals surface area contributed by atoms with Gasteiger partial charge in [0.2, 0.25) is 0 Å². The van der Waals surface area contributed by atoms with Crippen LogP contribution in [-0.2, 0) is 35.7 Å². The van der Waals surface area contributed by atoms with Crippen LogP contribution in [0, 0.1) is 0 Å². The molecule has 0 spiro atoms. The number of nitrogens with one attached hydrogen (secondary N) is 1. The third-order valence-corrected chi connectivity index (χ3v) is 7.45. The molecule has 0 atom stereocenters. The molecule has 1 aliphatic heterocycles. The number of benzene rings is 1. The van der Waals surface area contributed by atoms with E-state index in [0.717, 1.165) is 55.3 Å². The van der Waals surface area contributed by atoms with Crippen molar-refractivity contribution in [3.05, 3.63) is 33.0 Å². The van der Waals surface area contributed by atoms with Crippen LogP contribution in [0.25, 0.3) is 4.72 Å². The molecule has 0 radical (unpaired) electrons. The van der Waals surface area contributed by atoms with Crippen molar-refractivity contribution in [2.24, 2.45) is 0 Å². The summed E-state index contributed by atoms with van der Waals surface area (Å²) >= 11 is 0. The van der Waals surface area contributed by atoms with Gasteiger partial charge in [-0.15, -0.1) is 0 Å². The minimum Gasteiger partial charge on any atom is -0.423 e. The SMILES string of the molecule is O=C([N-]S(=O)(=O)C1CN(CCCO)C1)Nc1c2c(cc3c1CCC3)CCC2.[K+]. The molecule has 1 fully saturated rings. The van der Waals surface area contributed by atoms with Crippen LogP contribution in [-0.4, -0.2) is 55.9 Å². The Kier molecular flexibility index (Phi) is 7.63. The van der Waals surface area contributed by atoms with Crippen LogP contribution in [0.5, 0.6) is 0 Å². The van der Waals surface area contributed by atoms with E-state index in [1.807, 2.05) is 4.90 Å². The third-order valence-electron chi connectivity index (χ3n) is 5.89. The molecule has 0 aromatic heterocycles. The van der Waals surface area contributed by atoms with Gasteiger partial charge in [0.15, 0.2) is 16.1 Å². The number of rotatable bonds is 6. The van der Waals surface area contributed by atoms with E-state index in [1.54, 1.807) is 0 Å². The Labute approximate surface area is 209 Å². The minimum absolute atomic E-state index is 0. The van der Waals surface area contributed by atoms with Crippen molar-refractivity contribution in [1.82, 2.24) is 4.90 Å². The molecule has 7 nitrogen and oxygen atoms in total. The summed E-state index contributed by atoms with van der Waals surface area (Å²) < 4.78 is 28.3. The molecule has 1 aromatic carbocycles. The Balaban J connectivity index is 0.00000225. The summed E-state index contributed by atoms with van der Waals surface area (Å²) in [5.74, 6) is 0. The Morgan fingerprint density at radius 2 is 1.75 bits per heavy atom. The molecular formula is C19H26KN3O4S. The molecule has 28 heavy (non-hydrogen) atoms. The zero-order valence-electron chi connectivity index (χ0n) is 16.4. The van der Waals surface area contributed by atoms with Crippen molar-refractivity contribution in [3.8, 4) is 0 Å². The zero-order valence-corrected chi connectivity index (χ0v) is 20.3. The van der Waals surface area contributed by atoms with Crippen LogP contribution in [0.15, 0.2) is 6.07 Å². The maximum atomic E-state index is 12.4.